The van der Waals surface area contributed by atoms with Gasteiger partial charge in [0.25, 0.3) is 0 Å². The Hall–Kier alpha value is -4.28. The molecule has 3 N–H and O–H groups in total. The number of rotatable bonds is 11. The van der Waals surface area contributed by atoms with Crippen LogP contribution in [0.25, 0.3) is 22.4 Å². The van der Waals surface area contributed by atoms with Crippen LogP contribution in [0.5, 0.6) is 5.75 Å². The van der Waals surface area contributed by atoms with Crippen LogP contribution in [0, 0.1) is 17.8 Å². The zero-order valence-electron chi connectivity index (χ0n) is 26.0. The number of fused-ring (bicyclic) bond motifs is 4. The van der Waals surface area contributed by atoms with Crippen LogP contribution in [0.1, 0.15) is 63.1 Å². The predicted octanol–water partition coefficient (Wildman–Crippen LogP) is 5.72. The molecule has 10 heteroatoms. The first kappa shape index (κ1) is 31.7. The summed E-state index contributed by atoms with van der Waals surface area (Å²) in [5.74, 6) is -2.24. The Kier molecular flexibility index (Phi) is 9.38. The fourth-order valence-electron chi connectivity index (χ4n) is 7.66. The van der Waals surface area contributed by atoms with Crippen molar-refractivity contribution in [1.29, 1.82) is 0 Å². The molecule has 9 nitrogen and oxygen atoms in total. The van der Waals surface area contributed by atoms with Crippen molar-refractivity contribution >= 4 is 47.3 Å². The van der Waals surface area contributed by atoms with Gasteiger partial charge >= 0.3 is 13.1 Å². The summed E-state index contributed by atoms with van der Waals surface area (Å²) < 4.78 is 6.16. The Morgan fingerprint density at radius 2 is 1.78 bits per heavy atom. The van der Waals surface area contributed by atoms with Crippen LogP contribution in [0.2, 0.25) is 6.32 Å². The molecule has 4 atom stereocenters. The molecule has 2 amide bonds. The number of hydrogen-bond acceptors (Lipinski definition) is 7. The summed E-state index contributed by atoms with van der Waals surface area (Å²) in [4.78, 5) is 44.0. The monoisotopic (exact) mass is 622 g/mol. The second kappa shape index (κ2) is 13.6. The molecule has 0 saturated carbocycles. The average Bonchev–Trinajstić information content (AvgIpc) is 3.28. The number of phenolic OH excluding ortho intramolecular Hbond substituents is 1. The molecule has 1 aliphatic carbocycles. The van der Waals surface area contributed by atoms with Gasteiger partial charge in [-0.1, -0.05) is 48.4 Å². The maximum Gasteiger partial charge on any atom is 0.455 e. The molecule has 46 heavy (non-hydrogen) atoms. The van der Waals surface area contributed by atoms with Gasteiger partial charge < -0.3 is 19.9 Å². The van der Waals surface area contributed by atoms with Gasteiger partial charge in [-0.15, -0.1) is 0 Å². The lowest BCUT2D eigenvalue weighted by Gasteiger charge is -2.42. The van der Waals surface area contributed by atoms with E-state index in [0.717, 1.165) is 38.7 Å². The number of allylic oxidation sites excluding steroid dienone is 2. The van der Waals surface area contributed by atoms with Gasteiger partial charge in [0.15, 0.2) is 0 Å². The highest BCUT2D eigenvalue weighted by Gasteiger charge is 2.56. The number of aliphatic carboxylic acids is 1. The molecule has 1 aromatic heterocycles. The number of aromatic nitrogens is 1. The van der Waals surface area contributed by atoms with E-state index in [9.17, 15) is 24.5 Å². The molecule has 2 aromatic carbocycles. The summed E-state index contributed by atoms with van der Waals surface area (Å²) in [6.45, 7) is 2.30. The lowest BCUT2D eigenvalue weighted by atomic mass is 9.58. The zero-order chi connectivity index (χ0) is 32.4. The van der Waals surface area contributed by atoms with Gasteiger partial charge in [-0.3, -0.25) is 24.3 Å². The second-order valence-electron chi connectivity index (χ2n) is 12.7. The summed E-state index contributed by atoms with van der Waals surface area (Å²) in [5, 5.41) is 31.9. The smallest absolute Gasteiger partial charge is 0.455 e. The zero-order valence-corrected chi connectivity index (χ0v) is 26.0. The van der Waals surface area contributed by atoms with E-state index in [1.807, 2.05) is 55.5 Å². The highest BCUT2D eigenvalue weighted by Crippen LogP contribution is 2.50. The van der Waals surface area contributed by atoms with Crippen molar-refractivity contribution in [2.75, 3.05) is 6.54 Å². The van der Waals surface area contributed by atoms with E-state index in [0.29, 0.717) is 38.5 Å². The number of pyridine rings is 1. The SMILES string of the molecule is CC1=C2[C@@H](CC/C(=C/c3ccc(O)c4ccccc34)c3ccccn3)OB(O)C[C@@H]2[C@@H]2C(=O)N(CCCCCC(=O)O)C(=O)[C@@H]2C1. The molecular weight excluding hydrogens is 583 g/mol. The van der Waals surface area contributed by atoms with Crippen LogP contribution in [0.3, 0.4) is 0 Å². The van der Waals surface area contributed by atoms with Crippen molar-refractivity contribution in [2.24, 2.45) is 17.8 Å². The van der Waals surface area contributed by atoms with Crippen LogP contribution < -0.4 is 0 Å². The van der Waals surface area contributed by atoms with Gasteiger partial charge in [0.1, 0.15) is 5.75 Å². The summed E-state index contributed by atoms with van der Waals surface area (Å²) in [5.41, 5.74) is 4.81. The molecule has 3 aromatic rings. The van der Waals surface area contributed by atoms with Gasteiger partial charge in [-0.25, -0.2) is 0 Å². The van der Waals surface area contributed by atoms with E-state index in [4.69, 9.17) is 9.76 Å². The van der Waals surface area contributed by atoms with E-state index in [-0.39, 0.29) is 42.8 Å². The summed E-state index contributed by atoms with van der Waals surface area (Å²) in [6.07, 6.45) is 7.07. The summed E-state index contributed by atoms with van der Waals surface area (Å²) >= 11 is 0. The Labute approximate surface area is 268 Å². The number of likely N-dealkylation sites (tertiary alicyclic amines) is 1. The lowest BCUT2D eigenvalue weighted by molar-refractivity contribution is -0.141. The number of unbranched alkanes of at least 4 members (excludes halogenated alkanes) is 2. The third-order valence-corrected chi connectivity index (χ3v) is 9.75. The normalized spacial score (nSPS) is 23.2. The number of nitrogens with zero attached hydrogens (tertiary/aromatic N) is 2. The Balaban J connectivity index is 1.24. The fourth-order valence-corrected chi connectivity index (χ4v) is 7.66. The minimum Gasteiger partial charge on any atom is -0.507 e. The van der Waals surface area contributed by atoms with Crippen molar-refractivity contribution in [3.63, 3.8) is 0 Å². The number of imide groups is 1. The minimum absolute atomic E-state index is 0.0732. The Morgan fingerprint density at radius 1 is 1.00 bits per heavy atom. The number of hydrogen-bond donors (Lipinski definition) is 3. The topological polar surface area (TPSA) is 137 Å². The first-order valence-corrected chi connectivity index (χ1v) is 16.2. The van der Waals surface area contributed by atoms with Gasteiger partial charge in [0.05, 0.1) is 23.6 Å². The van der Waals surface area contributed by atoms with Crippen LogP contribution in [0.4, 0.5) is 0 Å². The number of benzene rings is 2. The van der Waals surface area contributed by atoms with Gasteiger partial charge in [0.2, 0.25) is 11.8 Å². The number of carbonyl (C=O) groups excluding carboxylic acids is 2. The van der Waals surface area contributed by atoms with E-state index >= 15 is 0 Å². The molecule has 238 valence electrons. The Bertz CT molecular complexity index is 1700. The third-order valence-electron chi connectivity index (χ3n) is 9.75. The number of carbonyl (C=O) groups is 3. The molecule has 2 aliphatic heterocycles. The minimum atomic E-state index is -1.05. The molecule has 2 fully saturated rings. The van der Waals surface area contributed by atoms with Crippen molar-refractivity contribution in [1.82, 2.24) is 9.88 Å². The summed E-state index contributed by atoms with van der Waals surface area (Å²) in [7, 11) is -1.05. The van der Waals surface area contributed by atoms with E-state index in [1.165, 1.54) is 4.90 Å². The first-order valence-electron chi connectivity index (χ1n) is 16.2. The average molecular weight is 623 g/mol. The Morgan fingerprint density at radius 3 is 2.54 bits per heavy atom. The van der Waals surface area contributed by atoms with E-state index in [2.05, 4.69) is 11.1 Å². The standard InChI is InChI=1S/C36H39BN2O7/c1-22-19-27-34(36(44)39(35(27)43)18-8-2-3-12-32(41)42)28-21-37(45)46-31(33(22)28)16-14-24(29-11-6-7-17-38-29)20-23-13-15-30(40)26-10-5-4-9-25(23)26/h4-7,9-11,13,15,17,20,27-28,31,34,40,45H,2-3,8,12,14,16,18-19,21H2,1H3,(H,41,42)/b24-20-/t27-,28+,31-,34-/m1/s1. The summed E-state index contributed by atoms with van der Waals surface area (Å²) in [6, 6.07) is 17.1. The number of aromatic hydroxyl groups is 1. The van der Waals surface area contributed by atoms with E-state index < -0.39 is 31.0 Å². The maximum atomic E-state index is 13.7. The van der Waals surface area contributed by atoms with Crippen molar-refractivity contribution in [2.45, 2.75) is 64.3 Å². The second-order valence-corrected chi connectivity index (χ2v) is 12.7. The molecule has 0 spiro atoms. The first-order chi connectivity index (χ1) is 22.2. The van der Waals surface area contributed by atoms with Crippen LogP contribution in [0.15, 0.2) is 71.9 Å². The molecule has 2 saturated heterocycles. The molecule has 0 bridgehead atoms. The molecule has 0 radical (unpaired) electrons. The third kappa shape index (κ3) is 6.37. The van der Waals surface area contributed by atoms with Crippen LogP contribution in [-0.2, 0) is 19.0 Å². The quantitative estimate of drug-likeness (QED) is 0.107. The van der Waals surface area contributed by atoms with Crippen molar-refractivity contribution in [3.8, 4) is 5.75 Å². The van der Waals surface area contributed by atoms with Crippen molar-refractivity contribution < 1.29 is 34.3 Å². The van der Waals surface area contributed by atoms with Crippen molar-refractivity contribution in [3.05, 3.63) is 83.2 Å². The van der Waals surface area contributed by atoms with Crippen LogP contribution in [-0.4, -0.2) is 62.7 Å². The van der Waals surface area contributed by atoms with Gasteiger partial charge in [-0.2, -0.15) is 0 Å². The predicted molar refractivity (Wildman–Crippen MR) is 175 cm³/mol. The number of amides is 2. The largest absolute Gasteiger partial charge is 0.507 e. The molecule has 3 aliphatic rings. The molecule has 0 unspecified atom stereocenters. The number of carboxylic acids is 1. The molecule has 3 heterocycles. The lowest BCUT2D eigenvalue weighted by Crippen LogP contribution is -2.46. The number of phenols is 1. The molecule has 6 rings (SSSR count). The fraction of sp³-hybridized carbons (Fsp3) is 0.389. The highest BCUT2D eigenvalue weighted by atomic mass is 16.5. The van der Waals surface area contributed by atoms with Gasteiger partial charge in [-0.05, 0) is 97.6 Å². The maximum absolute atomic E-state index is 13.7. The number of carboxylic acid groups (broad SMARTS) is 1. The van der Waals surface area contributed by atoms with Crippen LogP contribution >= 0.6 is 0 Å². The highest BCUT2D eigenvalue weighted by molar-refractivity contribution is 6.43. The molecular formula is C36H39BN2O7. The van der Waals surface area contributed by atoms with Gasteiger partial charge in [0, 0.05) is 24.5 Å². The van der Waals surface area contributed by atoms with E-state index in [1.54, 1.807) is 12.3 Å².